The van der Waals surface area contributed by atoms with E-state index < -0.39 is 24.6 Å². The maximum Gasteiger partial charge on any atom is 0.0155 e. The third kappa shape index (κ3) is 2.51. The average Bonchev–Trinajstić information content (AvgIpc) is 2.23. The van der Waals surface area contributed by atoms with Crippen molar-refractivity contribution < 1.29 is 0 Å². The zero-order chi connectivity index (χ0) is 12.6. The minimum absolute atomic E-state index is 0.296. The Morgan fingerprint density at radius 2 is 0.688 bits per heavy atom. The predicted octanol–water partition coefficient (Wildman–Crippen LogP) is -6.09. The van der Waals surface area contributed by atoms with Crippen molar-refractivity contribution in [3.8, 4) is 0 Å². The van der Waals surface area contributed by atoms with Gasteiger partial charge in [-0.3, -0.25) is 0 Å². The first-order chi connectivity index (χ1) is 6.90. The maximum atomic E-state index is 4.17. The van der Waals surface area contributed by atoms with E-state index >= 15 is 0 Å². The van der Waals surface area contributed by atoms with Crippen molar-refractivity contribution in [2.75, 3.05) is 0 Å². The van der Waals surface area contributed by atoms with Crippen LogP contribution in [0.2, 0.25) is 0 Å². The molecule has 0 amide bonds. The van der Waals surface area contributed by atoms with Crippen LogP contribution in [0.5, 0.6) is 0 Å². The average molecular weight is 449 g/mol. The monoisotopic (exact) mass is 448 g/mol. The SMILES string of the molecule is [Si][Si]1([Si])[Si][Si]([Si])([Si])[Si]2=[Si]1[Si]([Si])([Si])[Si][Si]2([Si])[Si]. The highest BCUT2D eigenvalue weighted by atomic mass is 30.7. The molecule has 0 nitrogen and oxygen atoms in total. The molecule has 2 aliphatic heterocycles. The summed E-state index contributed by atoms with van der Waals surface area (Å²) in [5, 5.41) is 0. The Morgan fingerprint density at radius 1 is 0.500 bits per heavy atom. The van der Waals surface area contributed by atoms with E-state index in [0.29, 0.717) is 0 Å². The smallest absolute Gasteiger partial charge is 0.0155 e. The first kappa shape index (κ1) is 15.9. The molecule has 16 heteroatoms. The third-order valence-corrected chi connectivity index (χ3v) is 202. The summed E-state index contributed by atoms with van der Waals surface area (Å²) in [6.45, 7) is -0.592. The van der Waals surface area contributed by atoms with Crippen molar-refractivity contribution in [2.24, 2.45) is 0 Å². The van der Waals surface area contributed by atoms with Gasteiger partial charge in [-0.25, -0.2) is 0 Å². The lowest BCUT2D eigenvalue weighted by molar-refractivity contribution is 3.40. The molecule has 0 aromatic heterocycles. The van der Waals surface area contributed by atoms with Crippen LogP contribution in [0.4, 0.5) is 0 Å². The predicted molar refractivity (Wildman–Crippen MR) is 92.1 cm³/mol. The molecule has 0 aliphatic carbocycles. The second-order valence-electron chi connectivity index (χ2n) is 4.00. The van der Waals surface area contributed by atoms with Crippen molar-refractivity contribution in [3.05, 3.63) is 0 Å². The van der Waals surface area contributed by atoms with E-state index in [1.807, 2.05) is 0 Å². The van der Waals surface area contributed by atoms with Gasteiger partial charge in [0.25, 0.3) is 0 Å². The van der Waals surface area contributed by atoms with Crippen LogP contribution in [-0.4, -0.2) is 134 Å². The minimum atomic E-state index is -1.34. The molecule has 0 saturated carbocycles. The molecule has 28 radical (unpaired) electrons. The summed E-state index contributed by atoms with van der Waals surface area (Å²) >= 11 is 0. The molecule has 0 unspecified atom stereocenters. The summed E-state index contributed by atoms with van der Waals surface area (Å²) in [5.41, 5.74) is 0. The van der Waals surface area contributed by atoms with E-state index in [-0.39, 0.29) is 13.9 Å². The molecule has 0 saturated heterocycles. The molecule has 0 spiro atoms. The van der Waals surface area contributed by atoms with Crippen LogP contribution in [0.25, 0.3) is 0 Å². The normalized spacial score (nSPS) is 33.0. The van der Waals surface area contributed by atoms with Crippen LogP contribution in [0.15, 0.2) is 0 Å². The molecule has 0 aromatic carbocycles. The van der Waals surface area contributed by atoms with Crippen molar-refractivity contribution in [2.45, 2.75) is 0 Å². The highest BCUT2D eigenvalue weighted by Crippen LogP contribution is 2.23. The summed E-state index contributed by atoms with van der Waals surface area (Å²) < 4.78 is 0. The van der Waals surface area contributed by atoms with Crippen molar-refractivity contribution in [3.63, 3.8) is 0 Å². The van der Waals surface area contributed by atoms with Gasteiger partial charge in [0.05, 0.1) is 0 Å². The molecule has 2 heterocycles. The molecular formula is Si16. The third-order valence-electron chi connectivity index (χ3n) is 2.50. The van der Waals surface area contributed by atoms with Crippen molar-refractivity contribution >= 4 is 134 Å². The van der Waals surface area contributed by atoms with Crippen molar-refractivity contribution in [1.82, 2.24) is 0 Å². The molecule has 0 N–H and O–H groups in total. The van der Waals surface area contributed by atoms with Gasteiger partial charge in [-0.15, -0.1) is 0 Å². The van der Waals surface area contributed by atoms with Gasteiger partial charge >= 0.3 is 0 Å². The minimum Gasteiger partial charge on any atom is -0.0536 e. The number of hydrogen-bond donors (Lipinski definition) is 0. The standard InChI is InChI=1S/Si16/c1-13(2)9-14(3,4)12-11(13)15(5,6)10-16(12,7)8. The molecule has 64 valence electrons. The van der Waals surface area contributed by atoms with Gasteiger partial charge in [-0.05, 0) is 0 Å². The fraction of sp³-hybridized carbons (Fsp3) is 0. The molecule has 0 aromatic rings. The molecule has 0 bridgehead atoms. The first-order valence-corrected chi connectivity index (χ1v) is 38.2. The zero-order valence-electron chi connectivity index (χ0n) is 8.00. The Kier molecular flexibility index (Phi) is 4.44. The van der Waals surface area contributed by atoms with E-state index in [1.165, 1.54) is 0 Å². The van der Waals surface area contributed by atoms with Crippen LogP contribution in [0.3, 0.4) is 0 Å². The zero-order valence-corrected chi connectivity index (χ0v) is 24.0. The second-order valence-corrected chi connectivity index (χ2v) is 108. The fourth-order valence-corrected chi connectivity index (χ4v) is 516. The van der Waals surface area contributed by atoms with Crippen LogP contribution in [0, 0.1) is 0 Å². The quantitative estimate of drug-likeness (QED) is 0.323. The first-order valence-electron chi connectivity index (χ1n) is 4.25. The lowest BCUT2D eigenvalue weighted by atomic mass is 25.7. The van der Waals surface area contributed by atoms with Gasteiger partial charge in [-0.2, -0.15) is 0 Å². The van der Waals surface area contributed by atoms with E-state index in [2.05, 4.69) is 78.1 Å². The van der Waals surface area contributed by atoms with Crippen LogP contribution >= 0.6 is 0 Å². The number of hydrogen-bond acceptors (Lipinski definition) is 0. The summed E-state index contributed by atoms with van der Waals surface area (Å²) in [6.07, 6.45) is -5.34. The Morgan fingerprint density at radius 3 is 0.875 bits per heavy atom. The lowest BCUT2D eigenvalue weighted by Gasteiger charge is -2.35. The summed E-state index contributed by atoms with van der Waals surface area (Å²) in [4.78, 5) is 0. The molecule has 2 rings (SSSR count). The van der Waals surface area contributed by atoms with Gasteiger partial charge in [0, 0.05) is 120 Å². The van der Waals surface area contributed by atoms with Gasteiger partial charge < -0.3 is 0 Å². The Bertz CT molecular complexity index is 293. The number of rotatable bonds is 0. The largest absolute Gasteiger partial charge is 0.0536 e. The van der Waals surface area contributed by atoms with Crippen LogP contribution in [0.1, 0.15) is 0 Å². The molecule has 16 heavy (non-hydrogen) atoms. The lowest BCUT2D eigenvalue weighted by Crippen LogP contribution is -2.73. The van der Waals surface area contributed by atoms with Crippen LogP contribution < -0.4 is 0 Å². The van der Waals surface area contributed by atoms with E-state index in [9.17, 15) is 0 Å². The topological polar surface area (TPSA) is 0 Å². The van der Waals surface area contributed by atoms with Crippen molar-refractivity contribution in [1.29, 1.82) is 0 Å². The summed E-state index contributed by atoms with van der Waals surface area (Å²) in [6, 6.07) is 0. The molecule has 2 aliphatic rings. The molecule has 0 fully saturated rings. The van der Waals surface area contributed by atoms with Crippen LogP contribution in [-0.2, 0) is 0 Å². The summed E-state index contributed by atoms with van der Waals surface area (Å²) in [5.74, 6) is 0. The Labute approximate surface area is 132 Å². The fourth-order valence-electron chi connectivity index (χ4n) is 2.12. The second kappa shape index (κ2) is 4.48. The van der Waals surface area contributed by atoms with E-state index in [1.54, 1.807) is 0 Å². The van der Waals surface area contributed by atoms with Gasteiger partial charge in [0.2, 0.25) is 0 Å². The van der Waals surface area contributed by atoms with E-state index in [0.717, 1.165) is 17.1 Å². The van der Waals surface area contributed by atoms with Gasteiger partial charge in [0.15, 0.2) is 0 Å². The molecular weight excluding hydrogens is 449 g/mol. The van der Waals surface area contributed by atoms with E-state index in [4.69, 9.17) is 0 Å². The van der Waals surface area contributed by atoms with Gasteiger partial charge in [0.1, 0.15) is 0 Å². The summed E-state index contributed by atoms with van der Waals surface area (Å²) in [7, 11) is 35.6. The maximum absolute atomic E-state index is 4.17. The Hall–Kier alpha value is 3.47. The van der Waals surface area contributed by atoms with Gasteiger partial charge in [-0.1, -0.05) is 13.9 Å². The highest BCUT2D eigenvalue weighted by Gasteiger charge is 2.60. The molecule has 0 atom stereocenters. The highest BCUT2D eigenvalue weighted by molar-refractivity contribution is 8.36. The Balaban J connectivity index is 2.68.